The van der Waals surface area contributed by atoms with Crippen LogP contribution in [0.1, 0.15) is 49.0 Å². The summed E-state index contributed by atoms with van der Waals surface area (Å²) in [6.07, 6.45) is 2.01. The minimum Gasteiger partial charge on any atom is -0.497 e. The minimum atomic E-state index is -0.690. The molecule has 0 saturated carbocycles. The number of aryl methyl sites for hydroxylation is 1. The molecule has 2 aromatic carbocycles. The van der Waals surface area contributed by atoms with E-state index in [1.54, 1.807) is 36.3 Å². The first-order chi connectivity index (χ1) is 16.8. The van der Waals surface area contributed by atoms with Gasteiger partial charge in [-0.1, -0.05) is 30.7 Å². The number of piperidine rings is 1. The first-order valence-corrected chi connectivity index (χ1v) is 12.2. The van der Waals surface area contributed by atoms with Gasteiger partial charge in [0.05, 0.1) is 7.11 Å². The highest BCUT2D eigenvalue weighted by atomic mass is 16.5. The molecule has 1 fully saturated rings. The van der Waals surface area contributed by atoms with Crippen LogP contribution in [0.5, 0.6) is 5.75 Å². The van der Waals surface area contributed by atoms with Gasteiger partial charge in [-0.15, -0.1) is 0 Å². The van der Waals surface area contributed by atoms with Crippen molar-refractivity contribution < 1.29 is 19.1 Å². The van der Waals surface area contributed by atoms with Crippen LogP contribution in [-0.4, -0.2) is 55.0 Å². The summed E-state index contributed by atoms with van der Waals surface area (Å²) in [7, 11) is 1.54. The number of carbonyl (C=O) groups excluding carboxylic acids is 3. The molecule has 2 atom stereocenters. The molecule has 35 heavy (non-hydrogen) atoms. The van der Waals surface area contributed by atoms with Crippen LogP contribution in [0.15, 0.2) is 48.5 Å². The highest BCUT2D eigenvalue weighted by molar-refractivity contribution is 5.98. The molecule has 8 heteroatoms. The Balaban J connectivity index is 1.66. The molecule has 0 radical (unpaired) electrons. The molecule has 0 aromatic heterocycles. The third-order valence-electron chi connectivity index (χ3n) is 6.50. The lowest BCUT2D eigenvalue weighted by Gasteiger charge is -2.36. The lowest BCUT2D eigenvalue weighted by molar-refractivity contribution is -0.125. The number of rotatable bonds is 8. The van der Waals surface area contributed by atoms with Gasteiger partial charge in [-0.25, -0.2) is 4.79 Å². The highest BCUT2D eigenvalue weighted by Crippen LogP contribution is 2.23. The quantitative estimate of drug-likeness (QED) is 0.532. The number of nitrogens with zero attached hydrogens (tertiary/aromatic N) is 1. The minimum absolute atomic E-state index is 0.000836. The number of urea groups is 1. The molecule has 3 N–H and O–H groups in total. The predicted octanol–water partition coefficient (Wildman–Crippen LogP) is 3.96. The number of hydrogen-bond donors (Lipinski definition) is 3. The van der Waals surface area contributed by atoms with Gasteiger partial charge < -0.3 is 25.6 Å². The SMILES string of the molecule is CCC(C)NC(=O)C(NC(=O)c1cccc(OC)c1)C1CCN(C(=O)Nc2ccc(C)cc2)CC1. The van der Waals surface area contributed by atoms with E-state index in [2.05, 4.69) is 16.0 Å². The molecule has 1 aliphatic heterocycles. The number of amides is 4. The summed E-state index contributed by atoms with van der Waals surface area (Å²) in [6, 6.07) is 13.7. The molecule has 4 amide bonds. The molecule has 1 aliphatic rings. The van der Waals surface area contributed by atoms with Crippen molar-refractivity contribution in [1.29, 1.82) is 0 Å². The Morgan fingerprint density at radius 3 is 2.37 bits per heavy atom. The van der Waals surface area contributed by atoms with Crippen molar-refractivity contribution in [1.82, 2.24) is 15.5 Å². The third kappa shape index (κ3) is 7.21. The third-order valence-corrected chi connectivity index (χ3v) is 6.50. The number of nitrogens with one attached hydrogen (secondary N) is 3. The van der Waals surface area contributed by atoms with Crippen molar-refractivity contribution >= 4 is 23.5 Å². The Morgan fingerprint density at radius 2 is 1.74 bits per heavy atom. The largest absolute Gasteiger partial charge is 0.497 e. The average Bonchev–Trinajstić information content (AvgIpc) is 2.88. The number of methoxy groups -OCH3 is 1. The van der Waals surface area contributed by atoms with E-state index in [9.17, 15) is 14.4 Å². The normalized spacial score (nSPS) is 15.6. The van der Waals surface area contributed by atoms with Crippen molar-refractivity contribution in [2.45, 2.75) is 52.1 Å². The molecule has 0 bridgehead atoms. The smallest absolute Gasteiger partial charge is 0.321 e. The monoisotopic (exact) mass is 480 g/mol. The summed E-state index contributed by atoms with van der Waals surface area (Å²) in [5, 5.41) is 8.88. The van der Waals surface area contributed by atoms with Gasteiger partial charge in [0.1, 0.15) is 11.8 Å². The molecule has 3 rings (SSSR count). The number of hydrogen-bond acceptors (Lipinski definition) is 4. The molecule has 0 spiro atoms. The fraction of sp³-hybridized carbons (Fsp3) is 0.444. The van der Waals surface area contributed by atoms with Gasteiger partial charge in [0.25, 0.3) is 5.91 Å². The fourth-order valence-electron chi connectivity index (χ4n) is 4.10. The van der Waals surface area contributed by atoms with Crippen molar-refractivity contribution in [2.75, 3.05) is 25.5 Å². The summed E-state index contributed by atoms with van der Waals surface area (Å²) < 4.78 is 5.22. The van der Waals surface area contributed by atoms with Crippen LogP contribution < -0.4 is 20.7 Å². The summed E-state index contributed by atoms with van der Waals surface area (Å²) in [6.45, 7) is 6.95. The van der Waals surface area contributed by atoms with Gasteiger partial charge in [-0.2, -0.15) is 0 Å². The first-order valence-electron chi connectivity index (χ1n) is 12.2. The number of carbonyl (C=O) groups is 3. The van der Waals surface area contributed by atoms with Crippen LogP contribution >= 0.6 is 0 Å². The number of likely N-dealkylation sites (tertiary alicyclic amines) is 1. The molecule has 188 valence electrons. The Hall–Kier alpha value is -3.55. The summed E-state index contributed by atoms with van der Waals surface area (Å²) in [4.78, 5) is 40.6. The van der Waals surface area contributed by atoms with Crippen LogP contribution in [0.2, 0.25) is 0 Å². The van der Waals surface area contributed by atoms with Crippen LogP contribution in [0.4, 0.5) is 10.5 Å². The zero-order valence-electron chi connectivity index (χ0n) is 21.0. The summed E-state index contributed by atoms with van der Waals surface area (Å²) in [5.74, 6) is -0.0332. The standard InChI is InChI=1S/C27H36N4O4/c1-5-19(3)28-26(33)24(30-25(32)21-7-6-8-23(17-21)35-4)20-13-15-31(16-14-20)27(34)29-22-11-9-18(2)10-12-22/h6-12,17,19-20,24H,5,13-16H2,1-4H3,(H,28,33)(H,29,34)(H,30,32). The zero-order chi connectivity index (χ0) is 25.4. The van der Waals surface area contributed by atoms with E-state index in [0.29, 0.717) is 37.2 Å². The summed E-state index contributed by atoms with van der Waals surface area (Å²) in [5.41, 5.74) is 2.31. The summed E-state index contributed by atoms with van der Waals surface area (Å²) >= 11 is 0. The van der Waals surface area contributed by atoms with E-state index in [1.807, 2.05) is 45.0 Å². The molecule has 0 aliphatic carbocycles. The van der Waals surface area contributed by atoms with Gasteiger partial charge in [-0.05, 0) is 69.4 Å². The Labute approximate surface area is 207 Å². The molecule has 8 nitrogen and oxygen atoms in total. The van der Waals surface area contributed by atoms with Crippen molar-refractivity contribution in [2.24, 2.45) is 5.92 Å². The van der Waals surface area contributed by atoms with E-state index >= 15 is 0 Å². The van der Waals surface area contributed by atoms with Gasteiger partial charge in [0.2, 0.25) is 5.91 Å². The predicted molar refractivity (Wildman–Crippen MR) is 137 cm³/mol. The highest BCUT2D eigenvalue weighted by Gasteiger charge is 2.34. The van der Waals surface area contributed by atoms with Gasteiger partial charge in [0, 0.05) is 30.4 Å². The molecule has 2 unspecified atom stereocenters. The van der Waals surface area contributed by atoms with E-state index in [4.69, 9.17) is 4.74 Å². The number of anilines is 1. The Kier molecular flexibility index (Phi) is 9.11. The van der Waals surface area contributed by atoms with E-state index < -0.39 is 6.04 Å². The van der Waals surface area contributed by atoms with Crippen molar-refractivity contribution in [3.8, 4) is 5.75 Å². The number of benzene rings is 2. The lowest BCUT2D eigenvalue weighted by Crippen LogP contribution is -2.55. The van der Waals surface area contributed by atoms with E-state index in [-0.39, 0.29) is 29.8 Å². The second-order valence-corrected chi connectivity index (χ2v) is 9.12. The maximum atomic E-state index is 13.1. The zero-order valence-corrected chi connectivity index (χ0v) is 21.0. The van der Waals surface area contributed by atoms with E-state index in [1.165, 1.54) is 0 Å². The second kappa shape index (κ2) is 12.2. The van der Waals surface area contributed by atoms with Gasteiger partial charge >= 0.3 is 6.03 Å². The number of ether oxygens (including phenoxy) is 1. The van der Waals surface area contributed by atoms with Crippen LogP contribution in [-0.2, 0) is 4.79 Å². The Morgan fingerprint density at radius 1 is 1.06 bits per heavy atom. The van der Waals surface area contributed by atoms with Gasteiger partial charge in [-0.3, -0.25) is 9.59 Å². The molecular weight excluding hydrogens is 444 g/mol. The van der Waals surface area contributed by atoms with Crippen molar-refractivity contribution in [3.63, 3.8) is 0 Å². The lowest BCUT2D eigenvalue weighted by atomic mass is 9.88. The van der Waals surface area contributed by atoms with Gasteiger partial charge in [0.15, 0.2) is 0 Å². The van der Waals surface area contributed by atoms with E-state index in [0.717, 1.165) is 17.7 Å². The molecule has 2 aromatic rings. The molecule has 1 saturated heterocycles. The van der Waals surface area contributed by atoms with Crippen LogP contribution in [0.25, 0.3) is 0 Å². The van der Waals surface area contributed by atoms with Crippen molar-refractivity contribution in [3.05, 3.63) is 59.7 Å². The fourth-order valence-corrected chi connectivity index (χ4v) is 4.10. The van der Waals surface area contributed by atoms with Crippen LogP contribution in [0, 0.1) is 12.8 Å². The average molecular weight is 481 g/mol. The molecule has 1 heterocycles. The van der Waals surface area contributed by atoms with Crippen LogP contribution in [0.3, 0.4) is 0 Å². The molecular formula is C27H36N4O4. The topological polar surface area (TPSA) is 99.8 Å². The second-order valence-electron chi connectivity index (χ2n) is 9.12. The maximum absolute atomic E-state index is 13.1. The Bertz CT molecular complexity index is 1020. The first kappa shape index (κ1) is 26.1. The maximum Gasteiger partial charge on any atom is 0.321 e.